The van der Waals surface area contributed by atoms with Crippen molar-refractivity contribution in [3.05, 3.63) is 0 Å². The first kappa shape index (κ1) is 24.8. The molecular formula is C22H44O2S. The molecule has 0 N–H and O–H groups in total. The summed E-state index contributed by atoms with van der Waals surface area (Å²) >= 11 is 1.82. The standard InChI is InChI=1S/C22H44O2S/c1-3-5-6-7-8-9-10-11-12-13-14-15-16-17-18-19-22(23)24-20-21-25-4-2/h3-21H2,1-2H3. The number of esters is 1. The fraction of sp³-hybridized carbons (Fsp3) is 0.955. The Labute approximate surface area is 162 Å². The number of rotatable bonds is 20. The smallest absolute Gasteiger partial charge is 0.305 e. The lowest BCUT2D eigenvalue weighted by Gasteiger charge is -2.05. The maximum atomic E-state index is 11.5. The van der Waals surface area contributed by atoms with Crippen LogP contribution < -0.4 is 0 Å². The Balaban J connectivity index is 3.08. The second kappa shape index (κ2) is 21.9. The van der Waals surface area contributed by atoms with Gasteiger partial charge in [-0.1, -0.05) is 104 Å². The van der Waals surface area contributed by atoms with Gasteiger partial charge >= 0.3 is 5.97 Å². The molecule has 0 aromatic rings. The van der Waals surface area contributed by atoms with Crippen LogP contribution >= 0.6 is 11.8 Å². The Morgan fingerprint density at radius 1 is 0.680 bits per heavy atom. The highest BCUT2D eigenvalue weighted by Crippen LogP contribution is 2.13. The van der Waals surface area contributed by atoms with Gasteiger partial charge in [0.05, 0.1) is 0 Å². The molecule has 0 fully saturated rings. The van der Waals surface area contributed by atoms with E-state index in [4.69, 9.17) is 4.74 Å². The van der Waals surface area contributed by atoms with Crippen LogP contribution in [0.15, 0.2) is 0 Å². The molecule has 0 aliphatic carbocycles. The summed E-state index contributed by atoms with van der Waals surface area (Å²) in [6, 6.07) is 0. The molecule has 0 amide bonds. The highest BCUT2D eigenvalue weighted by Gasteiger charge is 2.02. The molecule has 150 valence electrons. The van der Waals surface area contributed by atoms with Gasteiger partial charge in [-0.3, -0.25) is 4.79 Å². The van der Waals surface area contributed by atoms with E-state index < -0.39 is 0 Å². The van der Waals surface area contributed by atoms with Gasteiger partial charge in [-0.25, -0.2) is 0 Å². The fourth-order valence-corrected chi connectivity index (χ4v) is 3.56. The molecule has 0 atom stereocenters. The first-order valence-corrected chi connectivity index (χ1v) is 12.2. The molecule has 3 heteroatoms. The van der Waals surface area contributed by atoms with Crippen molar-refractivity contribution in [1.29, 1.82) is 0 Å². The highest BCUT2D eigenvalue weighted by atomic mass is 32.2. The number of carbonyl (C=O) groups is 1. The number of carbonyl (C=O) groups excluding carboxylic acids is 1. The van der Waals surface area contributed by atoms with Gasteiger partial charge in [-0.2, -0.15) is 11.8 Å². The summed E-state index contributed by atoms with van der Waals surface area (Å²) in [5, 5.41) is 0. The van der Waals surface area contributed by atoms with E-state index in [1.165, 1.54) is 89.9 Å². The normalized spacial score (nSPS) is 11.0. The third-order valence-corrected chi connectivity index (χ3v) is 5.54. The van der Waals surface area contributed by atoms with Gasteiger partial charge in [-0.15, -0.1) is 0 Å². The van der Waals surface area contributed by atoms with Gasteiger partial charge in [0.2, 0.25) is 0 Å². The molecule has 0 aromatic heterocycles. The number of unbranched alkanes of at least 4 members (excludes halogenated alkanes) is 14. The Morgan fingerprint density at radius 2 is 1.12 bits per heavy atom. The van der Waals surface area contributed by atoms with Crippen LogP contribution in [0.3, 0.4) is 0 Å². The predicted molar refractivity (Wildman–Crippen MR) is 114 cm³/mol. The van der Waals surface area contributed by atoms with Crippen LogP contribution in [0.1, 0.15) is 117 Å². The molecule has 0 radical (unpaired) electrons. The Bertz CT molecular complexity index is 269. The van der Waals surface area contributed by atoms with E-state index in [9.17, 15) is 4.79 Å². The average Bonchev–Trinajstić information content (AvgIpc) is 2.62. The van der Waals surface area contributed by atoms with Gasteiger partial charge in [0.15, 0.2) is 0 Å². The summed E-state index contributed by atoms with van der Waals surface area (Å²) < 4.78 is 5.20. The van der Waals surface area contributed by atoms with Crippen molar-refractivity contribution < 1.29 is 9.53 Å². The number of thioether (sulfide) groups is 1. The topological polar surface area (TPSA) is 26.3 Å². The fourth-order valence-electron chi connectivity index (χ4n) is 3.07. The molecule has 0 spiro atoms. The lowest BCUT2D eigenvalue weighted by molar-refractivity contribution is -0.143. The second-order valence-corrected chi connectivity index (χ2v) is 8.51. The largest absolute Gasteiger partial charge is 0.465 e. The van der Waals surface area contributed by atoms with Crippen LogP contribution in [0.5, 0.6) is 0 Å². The van der Waals surface area contributed by atoms with Crippen molar-refractivity contribution in [2.45, 2.75) is 117 Å². The monoisotopic (exact) mass is 372 g/mol. The van der Waals surface area contributed by atoms with Crippen LogP contribution in [0.4, 0.5) is 0 Å². The number of hydrogen-bond acceptors (Lipinski definition) is 3. The van der Waals surface area contributed by atoms with Crippen LogP contribution in [0.25, 0.3) is 0 Å². The van der Waals surface area contributed by atoms with Crippen molar-refractivity contribution in [3.63, 3.8) is 0 Å². The Hall–Kier alpha value is -0.180. The third kappa shape index (κ3) is 21.8. The van der Waals surface area contributed by atoms with Crippen molar-refractivity contribution in [2.75, 3.05) is 18.1 Å². The van der Waals surface area contributed by atoms with Gasteiger partial charge in [0.1, 0.15) is 6.61 Å². The summed E-state index contributed by atoms with van der Waals surface area (Å²) in [5.74, 6) is 2.02. The molecule has 0 aromatic carbocycles. The first-order valence-electron chi connectivity index (χ1n) is 11.0. The zero-order valence-electron chi connectivity index (χ0n) is 17.2. The minimum Gasteiger partial charge on any atom is -0.465 e. The Morgan fingerprint density at radius 3 is 1.56 bits per heavy atom. The number of hydrogen-bond donors (Lipinski definition) is 0. The minimum absolute atomic E-state index is 0.00797. The highest BCUT2D eigenvalue weighted by molar-refractivity contribution is 7.99. The van der Waals surface area contributed by atoms with Crippen molar-refractivity contribution >= 4 is 17.7 Å². The predicted octanol–water partition coefficient (Wildman–Crippen LogP) is 7.54. The molecule has 2 nitrogen and oxygen atoms in total. The first-order chi connectivity index (χ1) is 12.3. The summed E-state index contributed by atoms with van der Waals surface area (Å²) in [6.45, 7) is 4.99. The maximum Gasteiger partial charge on any atom is 0.305 e. The molecule has 0 rings (SSSR count). The van der Waals surface area contributed by atoms with E-state index in [0.717, 1.165) is 17.9 Å². The van der Waals surface area contributed by atoms with Crippen LogP contribution in [0.2, 0.25) is 0 Å². The average molecular weight is 373 g/mol. The molecule has 0 bridgehead atoms. The molecule has 0 saturated carbocycles. The summed E-state index contributed by atoms with van der Waals surface area (Å²) in [5.41, 5.74) is 0. The molecule has 0 saturated heterocycles. The quantitative estimate of drug-likeness (QED) is 0.163. The van der Waals surface area contributed by atoms with E-state index >= 15 is 0 Å². The van der Waals surface area contributed by atoms with Gasteiger partial charge in [-0.05, 0) is 12.2 Å². The van der Waals surface area contributed by atoms with Gasteiger partial charge < -0.3 is 4.74 Å². The van der Waals surface area contributed by atoms with Crippen molar-refractivity contribution in [2.24, 2.45) is 0 Å². The van der Waals surface area contributed by atoms with Gasteiger partial charge in [0.25, 0.3) is 0 Å². The zero-order valence-corrected chi connectivity index (χ0v) is 18.0. The van der Waals surface area contributed by atoms with E-state index in [1.807, 2.05) is 11.8 Å². The molecule has 0 heterocycles. The summed E-state index contributed by atoms with van der Waals surface area (Å²) in [6.07, 6.45) is 21.0. The minimum atomic E-state index is -0.00797. The lowest BCUT2D eigenvalue weighted by Crippen LogP contribution is -2.07. The molecule has 25 heavy (non-hydrogen) atoms. The second-order valence-electron chi connectivity index (χ2n) is 7.12. The molecule has 0 aliphatic heterocycles. The molecule has 0 unspecified atom stereocenters. The van der Waals surface area contributed by atoms with E-state index in [1.54, 1.807) is 0 Å². The lowest BCUT2D eigenvalue weighted by atomic mass is 10.0. The van der Waals surface area contributed by atoms with Crippen LogP contribution in [0, 0.1) is 0 Å². The Kier molecular flexibility index (Phi) is 21.7. The van der Waals surface area contributed by atoms with E-state index in [-0.39, 0.29) is 5.97 Å². The summed E-state index contributed by atoms with van der Waals surface area (Å²) in [4.78, 5) is 11.5. The third-order valence-electron chi connectivity index (χ3n) is 4.68. The SMILES string of the molecule is CCCCCCCCCCCCCCCCCC(=O)OCCSCC. The maximum absolute atomic E-state index is 11.5. The summed E-state index contributed by atoms with van der Waals surface area (Å²) in [7, 11) is 0. The van der Waals surface area contributed by atoms with Crippen LogP contribution in [-0.4, -0.2) is 24.1 Å². The molecule has 0 aliphatic rings. The molecular weight excluding hydrogens is 328 g/mol. The van der Waals surface area contributed by atoms with Crippen molar-refractivity contribution in [3.8, 4) is 0 Å². The van der Waals surface area contributed by atoms with Gasteiger partial charge in [0, 0.05) is 12.2 Å². The number of ether oxygens (including phenoxy) is 1. The van der Waals surface area contributed by atoms with Crippen molar-refractivity contribution in [1.82, 2.24) is 0 Å². The van der Waals surface area contributed by atoms with Crippen LogP contribution in [-0.2, 0) is 9.53 Å². The zero-order chi connectivity index (χ0) is 18.4. The van der Waals surface area contributed by atoms with E-state index in [2.05, 4.69) is 13.8 Å². The van der Waals surface area contributed by atoms with E-state index in [0.29, 0.717) is 13.0 Å².